The number of Topliss-reactive ketones (excluding diaryl/α,β-unsaturated/α-hetero) is 1. The normalized spacial score (nSPS) is 33.6. The van der Waals surface area contributed by atoms with Crippen molar-refractivity contribution in [1.29, 1.82) is 0 Å². The van der Waals surface area contributed by atoms with Gasteiger partial charge in [-0.3, -0.25) is 4.79 Å². The van der Waals surface area contributed by atoms with Crippen LogP contribution in [0.5, 0.6) is 0 Å². The summed E-state index contributed by atoms with van der Waals surface area (Å²) in [4.78, 5) is 11.8. The number of halogens is 1. The van der Waals surface area contributed by atoms with Crippen LogP contribution in [-0.2, 0) is 11.3 Å². The number of hydrogen-bond donors (Lipinski definition) is 0. The average Bonchev–Trinajstić information content (AvgIpc) is 2.32. The van der Waals surface area contributed by atoms with Crippen LogP contribution in [0.15, 0.2) is 30.3 Å². The molecule has 1 aromatic carbocycles. The van der Waals surface area contributed by atoms with E-state index in [0.29, 0.717) is 17.9 Å². The highest BCUT2D eigenvalue weighted by atomic mass is 79.9. The first-order valence-electron chi connectivity index (χ1n) is 7.09. The van der Waals surface area contributed by atoms with Crippen molar-refractivity contribution < 1.29 is 26.3 Å². The minimum absolute atomic E-state index is 0. The molecule has 2 atom stereocenters. The Morgan fingerprint density at radius 1 is 1.11 bits per heavy atom. The van der Waals surface area contributed by atoms with Gasteiger partial charge in [0.05, 0.1) is 32.0 Å². The summed E-state index contributed by atoms with van der Waals surface area (Å²) in [6.45, 7) is 1.09. The highest BCUT2D eigenvalue weighted by molar-refractivity contribution is 5.80. The monoisotopic (exact) mass is 323 g/mol. The fourth-order valence-electron chi connectivity index (χ4n) is 3.94. The number of rotatable bonds is 2. The van der Waals surface area contributed by atoms with E-state index in [2.05, 4.69) is 37.4 Å². The van der Waals surface area contributed by atoms with Gasteiger partial charge in [-0.05, 0) is 6.42 Å². The van der Waals surface area contributed by atoms with Crippen LogP contribution in [0.25, 0.3) is 0 Å². The largest absolute Gasteiger partial charge is 1.00 e. The van der Waals surface area contributed by atoms with Crippen molar-refractivity contribution in [2.24, 2.45) is 0 Å². The Labute approximate surface area is 126 Å². The lowest BCUT2D eigenvalue weighted by atomic mass is 9.81. The highest BCUT2D eigenvalue weighted by Gasteiger charge is 2.48. The van der Waals surface area contributed by atoms with E-state index in [-0.39, 0.29) is 17.0 Å². The van der Waals surface area contributed by atoms with Crippen LogP contribution in [-0.4, -0.2) is 29.4 Å². The fourth-order valence-corrected chi connectivity index (χ4v) is 3.94. The summed E-state index contributed by atoms with van der Waals surface area (Å²) in [5, 5.41) is 0. The summed E-state index contributed by atoms with van der Waals surface area (Å²) in [6.07, 6.45) is 5.38. The van der Waals surface area contributed by atoms with Crippen molar-refractivity contribution in [2.75, 3.05) is 7.05 Å². The second-order valence-electron chi connectivity index (χ2n) is 6.18. The first-order chi connectivity index (χ1) is 8.68. The molecule has 0 saturated carbocycles. The lowest BCUT2D eigenvalue weighted by Gasteiger charge is -2.53. The number of benzene rings is 1. The maximum atomic E-state index is 11.8. The van der Waals surface area contributed by atoms with Crippen molar-refractivity contribution in [1.82, 2.24) is 0 Å². The molecule has 0 aliphatic carbocycles. The number of piperidine rings is 2. The maximum absolute atomic E-state index is 11.8. The molecule has 2 aliphatic heterocycles. The zero-order chi connectivity index (χ0) is 12.6. The van der Waals surface area contributed by atoms with E-state index >= 15 is 0 Å². The lowest BCUT2D eigenvalue weighted by molar-refractivity contribution is -0.975. The van der Waals surface area contributed by atoms with Gasteiger partial charge in [-0.25, -0.2) is 0 Å². The molecule has 2 nitrogen and oxygen atoms in total. The molecule has 3 heteroatoms. The quantitative estimate of drug-likeness (QED) is 0.696. The second kappa shape index (κ2) is 5.76. The summed E-state index contributed by atoms with van der Waals surface area (Å²) in [5.74, 6) is 0.494. The first-order valence-corrected chi connectivity index (χ1v) is 7.09. The summed E-state index contributed by atoms with van der Waals surface area (Å²) < 4.78 is 1.09. The number of carbonyl (C=O) groups is 1. The third-order valence-electron chi connectivity index (χ3n) is 5.04. The van der Waals surface area contributed by atoms with Crippen LogP contribution in [0.1, 0.15) is 37.7 Å². The Morgan fingerprint density at radius 2 is 1.68 bits per heavy atom. The molecule has 2 saturated heterocycles. The van der Waals surface area contributed by atoms with Crippen LogP contribution >= 0.6 is 0 Å². The molecule has 104 valence electrons. The molecular weight excluding hydrogens is 302 g/mol. The van der Waals surface area contributed by atoms with Crippen LogP contribution < -0.4 is 17.0 Å². The van der Waals surface area contributed by atoms with Gasteiger partial charge in [0.2, 0.25) is 0 Å². The number of ketones is 1. The number of quaternary nitrogens is 1. The van der Waals surface area contributed by atoms with Crippen molar-refractivity contribution in [3.05, 3.63) is 35.9 Å². The Bertz CT molecular complexity index is 429. The number of carbonyl (C=O) groups excluding carboxylic acids is 1. The molecule has 0 spiro atoms. The van der Waals surface area contributed by atoms with Crippen molar-refractivity contribution in [3.8, 4) is 0 Å². The van der Waals surface area contributed by atoms with Crippen molar-refractivity contribution >= 4 is 5.78 Å². The zero-order valence-corrected chi connectivity index (χ0v) is 13.1. The zero-order valence-electron chi connectivity index (χ0n) is 11.5. The number of nitrogens with zero attached hydrogens (tertiary/aromatic N) is 1. The van der Waals surface area contributed by atoms with Crippen molar-refractivity contribution in [3.63, 3.8) is 0 Å². The standard InChI is InChI=1S/C16H22NO.BrH/c1-17(12-13-6-3-2-4-7-13)14-8-5-9-15(17)11-16(18)10-14;/h2-4,6-7,14-15H,5,8-12H2,1H3;1H/q+1;/p-1. The Kier molecular flexibility index (Phi) is 4.46. The molecule has 2 heterocycles. The molecule has 0 amide bonds. The molecule has 0 N–H and O–H groups in total. The minimum atomic E-state index is 0. The SMILES string of the molecule is C[N+]1(Cc2ccccc2)C2CCCC1CC(=O)C2.[Br-]. The predicted octanol–water partition coefficient (Wildman–Crippen LogP) is -0.0788. The molecule has 2 unspecified atom stereocenters. The van der Waals surface area contributed by atoms with E-state index in [1.165, 1.54) is 24.8 Å². The van der Waals surface area contributed by atoms with Gasteiger partial charge in [0.15, 0.2) is 0 Å². The van der Waals surface area contributed by atoms with Gasteiger partial charge in [-0.2, -0.15) is 0 Å². The molecule has 0 aromatic heterocycles. The van der Waals surface area contributed by atoms with Gasteiger partial charge in [0, 0.05) is 18.4 Å². The summed E-state index contributed by atoms with van der Waals surface area (Å²) in [6, 6.07) is 11.9. The Hall–Kier alpha value is -0.670. The highest BCUT2D eigenvalue weighted by Crippen LogP contribution is 2.39. The van der Waals surface area contributed by atoms with Gasteiger partial charge in [0.1, 0.15) is 12.3 Å². The topological polar surface area (TPSA) is 17.1 Å². The molecule has 2 bridgehead atoms. The van der Waals surface area contributed by atoms with Gasteiger partial charge in [-0.15, -0.1) is 0 Å². The van der Waals surface area contributed by atoms with Gasteiger partial charge in [0.25, 0.3) is 0 Å². The smallest absolute Gasteiger partial charge is 0.144 e. The van der Waals surface area contributed by atoms with E-state index in [9.17, 15) is 4.79 Å². The molecule has 0 radical (unpaired) electrons. The summed E-state index contributed by atoms with van der Waals surface area (Å²) in [5.41, 5.74) is 1.41. The van der Waals surface area contributed by atoms with E-state index in [0.717, 1.165) is 23.9 Å². The minimum Gasteiger partial charge on any atom is -1.00 e. The van der Waals surface area contributed by atoms with Crippen LogP contribution in [0.3, 0.4) is 0 Å². The maximum Gasteiger partial charge on any atom is 0.144 e. The number of fused-ring (bicyclic) bond motifs is 2. The number of hydrogen-bond acceptors (Lipinski definition) is 1. The van der Waals surface area contributed by atoms with Gasteiger partial charge >= 0.3 is 0 Å². The molecule has 1 aromatic rings. The molecular formula is C16H22BrNO. The third kappa shape index (κ3) is 2.77. The lowest BCUT2D eigenvalue weighted by Crippen LogP contribution is -3.00. The third-order valence-corrected chi connectivity index (χ3v) is 5.04. The Morgan fingerprint density at radius 3 is 2.26 bits per heavy atom. The van der Waals surface area contributed by atoms with Gasteiger partial charge in [-0.1, -0.05) is 30.3 Å². The molecule has 2 aliphatic rings. The van der Waals surface area contributed by atoms with Crippen LogP contribution in [0.2, 0.25) is 0 Å². The molecule has 2 fully saturated rings. The van der Waals surface area contributed by atoms with Crippen LogP contribution in [0, 0.1) is 0 Å². The average molecular weight is 324 g/mol. The predicted molar refractivity (Wildman–Crippen MR) is 72.0 cm³/mol. The van der Waals surface area contributed by atoms with E-state index in [1.807, 2.05) is 0 Å². The fraction of sp³-hybridized carbons (Fsp3) is 0.562. The first kappa shape index (κ1) is 14.7. The second-order valence-corrected chi connectivity index (χ2v) is 6.18. The van der Waals surface area contributed by atoms with Crippen molar-refractivity contribution in [2.45, 2.75) is 50.7 Å². The molecule has 3 rings (SSSR count). The van der Waals surface area contributed by atoms with E-state index in [4.69, 9.17) is 0 Å². The van der Waals surface area contributed by atoms with E-state index in [1.54, 1.807) is 0 Å². The van der Waals surface area contributed by atoms with E-state index < -0.39 is 0 Å². The summed E-state index contributed by atoms with van der Waals surface area (Å²) in [7, 11) is 2.37. The molecule has 19 heavy (non-hydrogen) atoms. The van der Waals surface area contributed by atoms with Crippen LogP contribution in [0.4, 0.5) is 0 Å². The van der Waals surface area contributed by atoms with Gasteiger partial charge < -0.3 is 21.5 Å². The Balaban J connectivity index is 0.00000133. The summed E-state index contributed by atoms with van der Waals surface area (Å²) >= 11 is 0.